The molecule has 202 valence electrons. The fourth-order valence-electron chi connectivity index (χ4n) is 5.30. The molecule has 1 saturated heterocycles. The fourth-order valence-corrected chi connectivity index (χ4v) is 6.87. The molecule has 8 nitrogen and oxygen atoms in total. The van der Waals surface area contributed by atoms with Crippen molar-refractivity contribution in [2.45, 2.75) is 62.3 Å². The number of aromatic nitrogens is 2. The van der Waals surface area contributed by atoms with Crippen LogP contribution in [0.15, 0.2) is 71.3 Å². The van der Waals surface area contributed by atoms with E-state index in [9.17, 15) is 18.5 Å². The van der Waals surface area contributed by atoms with Crippen LogP contribution >= 0.6 is 0 Å². The van der Waals surface area contributed by atoms with Crippen LogP contribution in [0.2, 0.25) is 0 Å². The van der Waals surface area contributed by atoms with E-state index in [0.717, 1.165) is 50.6 Å². The molecule has 1 aromatic heterocycles. The lowest BCUT2D eigenvalue weighted by Gasteiger charge is -2.26. The molecule has 1 amide bonds. The molecule has 9 heteroatoms. The van der Waals surface area contributed by atoms with Crippen LogP contribution in [0.4, 0.5) is 0 Å². The second-order valence-corrected chi connectivity index (χ2v) is 12.1. The maximum atomic E-state index is 13.4. The van der Waals surface area contributed by atoms with Gasteiger partial charge in [-0.15, -0.1) is 0 Å². The van der Waals surface area contributed by atoms with Crippen molar-refractivity contribution in [2.75, 3.05) is 13.1 Å². The van der Waals surface area contributed by atoms with Crippen molar-refractivity contribution in [1.82, 2.24) is 19.4 Å². The molecular weight excluding hydrogens is 510 g/mol. The molecule has 0 spiro atoms. The summed E-state index contributed by atoms with van der Waals surface area (Å²) >= 11 is 0. The Balaban J connectivity index is 1.53. The Labute approximate surface area is 230 Å². The van der Waals surface area contributed by atoms with Gasteiger partial charge in [0.1, 0.15) is 17.3 Å². The Kier molecular flexibility index (Phi) is 8.24. The van der Waals surface area contributed by atoms with Gasteiger partial charge < -0.3 is 5.32 Å². The monoisotopic (exact) mass is 543 g/mol. The number of piperidine rings is 1. The second kappa shape index (κ2) is 12.0. The molecule has 3 aromatic rings. The van der Waals surface area contributed by atoms with Crippen molar-refractivity contribution in [3.8, 4) is 23.0 Å². The molecular formula is C30H33N5O3S. The summed E-state index contributed by atoms with van der Waals surface area (Å²) in [5, 5.41) is 17.7. The van der Waals surface area contributed by atoms with Gasteiger partial charge in [0.25, 0.3) is 5.91 Å². The Bertz CT molecular complexity index is 1490. The zero-order chi connectivity index (χ0) is 27.2. The van der Waals surface area contributed by atoms with Gasteiger partial charge in [0.2, 0.25) is 10.0 Å². The highest BCUT2D eigenvalue weighted by Crippen LogP contribution is 2.29. The predicted molar refractivity (Wildman–Crippen MR) is 150 cm³/mol. The summed E-state index contributed by atoms with van der Waals surface area (Å²) in [7, 11) is -3.64. The van der Waals surface area contributed by atoms with E-state index in [4.69, 9.17) is 5.10 Å². The first-order valence-corrected chi connectivity index (χ1v) is 15.1. The average molecular weight is 544 g/mol. The van der Waals surface area contributed by atoms with Gasteiger partial charge in [0, 0.05) is 36.5 Å². The first kappa shape index (κ1) is 26.9. The van der Waals surface area contributed by atoms with E-state index in [2.05, 4.69) is 11.4 Å². The largest absolute Gasteiger partial charge is 0.349 e. The fraction of sp³-hybridized carbons (Fsp3) is 0.367. The quantitative estimate of drug-likeness (QED) is 0.331. The van der Waals surface area contributed by atoms with Gasteiger partial charge in [-0.3, -0.25) is 4.79 Å². The maximum Gasteiger partial charge on any atom is 0.262 e. The number of nitrogens with one attached hydrogen (secondary N) is 1. The lowest BCUT2D eigenvalue weighted by Crippen LogP contribution is -2.36. The Morgan fingerprint density at radius 2 is 1.69 bits per heavy atom. The molecule has 2 fully saturated rings. The van der Waals surface area contributed by atoms with Crippen molar-refractivity contribution in [2.24, 2.45) is 0 Å². The number of carbonyl (C=O) groups excluding carboxylic acids is 1. The molecule has 2 aromatic carbocycles. The lowest BCUT2D eigenvalue weighted by molar-refractivity contribution is -0.117. The van der Waals surface area contributed by atoms with E-state index < -0.39 is 15.9 Å². The van der Waals surface area contributed by atoms with Crippen molar-refractivity contribution in [1.29, 1.82) is 5.26 Å². The lowest BCUT2D eigenvalue weighted by atomic mass is 9.95. The third-order valence-electron chi connectivity index (χ3n) is 7.43. The molecule has 0 unspecified atom stereocenters. The van der Waals surface area contributed by atoms with E-state index in [-0.39, 0.29) is 16.5 Å². The molecule has 39 heavy (non-hydrogen) atoms. The van der Waals surface area contributed by atoms with Crippen molar-refractivity contribution >= 4 is 22.0 Å². The highest BCUT2D eigenvalue weighted by atomic mass is 32.2. The average Bonchev–Trinajstić information content (AvgIpc) is 3.41. The first-order valence-electron chi connectivity index (χ1n) is 13.6. The smallest absolute Gasteiger partial charge is 0.262 e. The second-order valence-electron chi connectivity index (χ2n) is 10.2. The predicted octanol–water partition coefficient (Wildman–Crippen LogP) is 5.07. The van der Waals surface area contributed by atoms with Crippen LogP contribution in [-0.2, 0) is 14.8 Å². The van der Waals surface area contributed by atoms with Crippen molar-refractivity contribution < 1.29 is 13.2 Å². The third-order valence-corrected chi connectivity index (χ3v) is 9.32. The molecule has 1 saturated carbocycles. The molecule has 0 bridgehead atoms. The topological polar surface area (TPSA) is 108 Å². The number of hydrogen-bond donors (Lipinski definition) is 1. The standard InChI is InChI=1S/C30H33N5O3S/c31-21-24(30(36)32-26-12-4-1-5-13-26)19-25-22-35(27-14-6-2-7-15-27)33-29(25)23-11-10-16-28(20-23)39(37,38)34-17-8-3-9-18-34/h2,6-7,10-11,14-16,19-20,22,26H,1,3-5,8-9,12-13,17-18H2,(H,32,36)/b24-19-. The van der Waals surface area contributed by atoms with Crippen LogP contribution in [0.3, 0.4) is 0 Å². The van der Waals surface area contributed by atoms with Gasteiger partial charge in [-0.25, -0.2) is 13.1 Å². The van der Waals surface area contributed by atoms with Crippen LogP contribution in [0, 0.1) is 11.3 Å². The summed E-state index contributed by atoms with van der Waals surface area (Å²) in [6.07, 6.45) is 11.2. The normalized spacial score (nSPS) is 17.5. The minimum absolute atomic E-state index is 0.00784. The molecule has 1 N–H and O–H groups in total. The first-order chi connectivity index (χ1) is 19.0. The minimum atomic E-state index is -3.64. The number of nitrogens with zero attached hydrogens (tertiary/aromatic N) is 4. The van der Waals surface area contributed by atoms with E-state index >= 15 is 0 Å². The number of nitriles is 1. The van der Waals surface area contributed by atoms with Gasteiger partial charge in [0.15, 0.2) is 0 Å². The molecule has 0 radical (unpaired) electrons. The molecule has 2 aliphatic rings. The van der Waals surface area contributed by atoms with Crippen LogP contribution < -0.4 is 5.32 Å². The van der Waals surface area contributed by atoms with Gasteiger partial charge in [-0.05, 0) is 56.0 Å². The summed E-state index contributed by atoms with van der Waals surface area (Å²) in [6.45, 7) is 1.04. The Morgan fingerprint density at radius 1 is 0.974 bits per heavy atom. The zero-order valence-electron chi connectivity index (χ0n) is 21.9. The Hall–Kier alpha value is -3.74. The minimum Gasteiger partial charge on any atom is -0.349 e. The van der Waals surface area contributed by atoms with E-state index in [0.29, 0.717) is 29.9 Å². The SMILES string of the molecule is N#C/C(=C/c1cn(-c2ccccc2)nc1-c1cccc(S(=O)(=O)N2CCCCC2)c1)C(=O)NC1CCCCC1. The summed E-state index contributed by atoms with van der Waals surface area (Å²) in [6, 6.07) is 18.4. The number of para-hydroxylation sites is 1. The molecule has 5 rings (SSSR count). The molecule has 0 atom stereocenters. The van der Waals surface area contributed by atoms with Gasteiger partial charge in [-0.1, -0.05) is 56.0 Å². The highest BCUT2D eigenvalue weighted by molar-refractivity contribution is 7.89. The van der Waals surface area contributed by atoms with Crippen LogP contribution in [0.5, 0.6) is 0 Å². The van der Waals surface area contributed by atoms with Crippen LogP contribution in [-0.4, -0.2) is 47.5 Å². The number of carbonyl (C=O) groups is 1. The van der Waals surface area contributed by atoms with Crippen molar-refractivity contribution in [3.05, 3.63) is 71.9 Å². The molecule has 2 heterocycles. The summed E-state index contributed by atoms with van der Waals surface area (Å²) in [5.74, 6) is -0.399. The number of amides is 1. The Morgan fingerprint density at radius 3 is 2.41 bits per heavy atom. The van der Waals surface area contributed by atoms with Crippen molar-refractivity contribution in [3.63, 3.8) is 0 Å². The number of rotatable bonds is 7. The van der Waals surface area contributed by atoms with Gasteiger partial charge in [0.05, 0.1) is 10.6 Å². The summed E-state index contributed by atoms with van der Waals surface area (Å²) in [5.41, 5.74) is 2.45. The summed E-state index contributed by atoms with van der Waals surface area (Å²) in [4.78, 5) is 13.2. The zero-order valence-corrected chi connectivity index (χ0v) is 22.7. The van der Waals surface area contributed by atoms with E-state index in [1.54, 1.807) is 45.5 Å². The molecule has 1 aliphatic carbocycles. The summed E-state index contributed by atoms with van der Waals surface area (Å²) < 4.78 is 30.0. The number of hydrogen-bond acceptors (Lipinski definition) is 5. The highest BCUT2D eigenvalue weighted by Gasteiger charge is 2.27. The third kappa shape index (κ3) is 6.13. The van der Waals surface area contributed by atoms with Gasteiger partial charge >= 0.3 is 0 Å². The maximum absolute atomic E-state index is 13.4. The van der Waals surface area contributed by atoms with Gasteiger partial charge in [-0.2, -0.15) is 14.7 Å². The number of benzene rings is 2. The molecule has 1 aliphatic heterocycles. The van der Waals surface area contributed by atoms with E-state index in [1.807, 2.05) is 30.3 Å². The van der Waals surface area contributed by atoms with Crippen LogP contribution in [0.1, 0.15) is 56.9 Å². The number of sulfonamides is 1. The van der Waals surface area contributed by atoms with Crippen LogP contribution in [0.25, 0.3) is 23.0 Å². The van der Waals surface area contributed by atoms with E-state index in [1.165, 1.54) is 6.42 Å².